The van der Waals surface area contributed by atoms with Crippen molar-refractivity contribution in [3.8, 4) is 0 Å². The molecule has 0 amide bonds. The summed E-state index contributed by atoms with van der Waals surface area (Å²) in [5.41, 5.74) is 5.73. The van der Waals surface area contributed by atoms with Gasteiger partial charge in [-0.25, -0.2) is 0 Å². The normalized spacial score (nSPS) is 47.8. The smallest absolute Gasteiger partial charge is 0.0944 e. The number of nitrogens with zero attached hydrogens (tertiary/aromatic N) is 1. The Morgan fingerprint density at radius 2 is 2.54 bits per heavy atom. The van der Waals surface area contributed by atoms with Crippen molar-refractivity contribution in [1.82, 2.24) is 0 Å². The summed E-state index contributed by atoms with van der Waals surface area (Å²) in [6.45, 7) is 5.92. The Morgan fingerprint density at radius 1 is 1.85 bits per heavy atom. The molecule has 0 spiro atoms. The monoisotopic (exact) mass is 198 g/mol. The lowest BCUT2D eigenvalue weighted by Gasteiger charge is -2.14. The van der Waals surface area contributed by atoms with E-state index in [-0.39, 0.29) is 10.9 Å². The molecule has 4 atom stereocenters. The van der Waals surface area contributed by atoms with Gasteiger partial charge in [0.15, 0.2) is 0 Å². The van der Waals surface area contributed by atoms with Gasteiger partial charge in [-0.3, -0.25) is 4.99 Å². The van der Waals surface area contributed by atoms with Crippen LogP contribution in [0.1, 0.15) is 19.8 Å². The van der Waals surface area contributed by atoms with Gasteiger partial charge < -0.3 is 5.73 Å². The van der Waals surface area contributed by atoms with Crippen LogP contribution >= 0.6 is 11.6 Å². The van der Waals surface area contributed by atoms with E-state index < -0.39 is 0 Å². The third-order valence-corrected chi connectivity index (χ3v) is 3.81. The van der Waals surface area contributed by atoms with Crippen LogP contribution in [0.2, 0.25) is 0 Å². The predicted octanol–water partition coefficient (Wildman–Crippen LogP) is 1.94. The van der Waals surface area contributed by atoms with Gasteiger partial charge in [0.05, 0.1) is 16.8 Å². The molecule has 0 saturated heterocycles. The molecular weight excluding hydrogens is 184 g/mol. The lowest BCUT2D eigenvalue weighted by molar-refractivity contribution is 0.482. The molecule has 1 aliphatic heterocycles. The fourth-order valence-electron chi connectivity index (χ4n) is 2.56. The third kappa shape index (κ3) is 1.19. The van der Waals surface area contributed by atoms with Gasteiger partial charge >= 0.3 is 0 Å². The van der Waals surface area contributed by atoms with Gasteiger partial charge in [0.1, 0.15) is 0 Å². The largest absolute Gasteiger partial charge is 0.387 e. The Labute approximate surface area is 83.9 Å². The molecule has 1 fully saturated rings. The average molecular weight is 199 g/mol. The van der Waals surface area contributed by atoms with E-state index in [1.54, 1.807) is 0 Å². The van der Waals surface area contributed by atoms with Crippen molar-refractivity contribution in [3.05, 3.63) is 12.7 Å². The summed E-state index contributed by atoms with van der Waals surface area (Å²) < 4.78 is 0. The number of rotatable bonds is 2. The van der Waals surface area contributed by atoms with Crippen LogP contribution in [-0.2, 0) is 0 Å². The van der Waals surface area contributed by atoms with E-state index in [1.165, 1.54) is 0 Å². The number of nitrogens with two attached hydrogens (primary N) is 1. The van der Waals surface area contributed by atoms with E-state index in [0.717, 1.165) is 18.7 Å². The van der Waals surface area contributed by atoms with Crippen molar-refractivity contribution in [2.75, 3.05) is 0 Å². The minimum atomic E-state index is -0.164. The molecule has 1 saturated carbocycles. The number of hydrogen-bond acceptors (Lipinski definition) is 2. The molecule has 2 N–H and O–H groups in total. The number of hydrogen-bond donors (Lipinski definition) is 1. The molecule has 0 aromatic heterocycles. The molecule has 0 aromatic carbocycles. The maximum Gasteiger partial charge on any atom is 0.0944 e. The molecule has 1 heterocycles. The van der Waals surface area contributed by atoms with Gasteiger partial charge in [0, 0.05) is 12.3 Å². The van der Waals surface area contributed by atoms with Crippen LogP contribution in [0.4, 0.5) is 0 Å². The van der Waals surface area contributed by atoms with Gasteiger partial charge in [0.2, 0.25) is 0 Å². The number of fused-ring (bicyclic) bond motifs is 1. The standard InChI is InChI=1S/C10H15ClN2/c1-3-4-10(11)8-6(2)5-7(12)13-9(8)10/h3,6,8-9H,1,4-5H2,2H3,(H2,12,13)/t6-,8+,9-,10+/m0/s1. The second-order valence-corrected chi connectivity index (χ2v) is 4.90. The third-order valence-electron chi connectivity index (χ3n) is 3.18. The van der Waals surface area contributed by atoms with Crippen LogP contribution in [-0.4, -0.2) is 16.8 Å². The van der Waals surface area contributed by atoms with Crippen molar-refractivity contribution >= 4 is 17.4 Å². The van der Waals surface area contributed by atoms with E-state index in [4.69, 9.17) is 17.3 Å². The Hall–Kier alpha value is -0.500. The second-order valence-electron chi connectivity index (χ2n) is 4.19. The Morgan fingerprint density at radius 3 is 3.15 bits per heavy atom. The van der Waals surface area contributed by atoms with Crippen molar-refractivity contribution in [3.63, 3.8) is 0 Å². The van der Waals surface area contributed by atoms with Crippen LogP contribution < -0.4 is 5.73 Å². The fourth-order valence-corrected chi connectivity index (χ4v) is 3.12. The van der Waals surface area contributed by atoms with Crippen molar-refractivity contribution in [2.24, 2.45) is 22.6 Å². The van der Waals surface area contributed by atoms with Gasteiger partial charge in [-0.2, -0.15) is 0 Å². The quantitative estimate of drug-likeness (QED) is 0.535. The Balaban J connectivity index is 2.19. The Kier molecular flexibility index (Phi) is 1.91. The molecule has 2 aliphatic rings. The maximum absolute atomic E-state index is 6.44. The molecule has 0 bridgehead atoms. The zero-order valence-corrected chi connectivity index (χ0v) is 8.59. The molecule has 72 valence electrons. The summed E-state index contributed by atoms with van der Waals surface area (Å²) in [5, 5.41) is 0. The maximum atomic E-state index is 6.44. The van der Waals surface area contributed by atoms with E-state index in [2.05, 4.69) is 18.5 Å². The summed E-state index contributed by atoms with van der Waals surface area (Å²) in [6, 6.07) is 0.246. The first kappa shape index (κ1) is 9.07. The highest BCUT2D eigenvalue weighted by atomic mass is 35.5. The summed E-state index contributed by atoms with van der Waals surface area (Å²) in [5.74, 6) is 1.85. The number of alkyl halides is 1. The molecule has 2 rings (SSSR count). The van der Waals surface area contributed by atoms with Gasteiger partial charge in [0.25, 0.3) is 0 Å². The van der Waals surface area contributed by atoms with Crippen LogP contribution in [0, 0.1) is 11.8 Å². The molecule has 3 heteroatoms. The van der Waals surface area contributed by atoms with Crippen LogP contribution in [0.5, 0.6) is 0 Å². The minimum absolute atomic E-state index is 0.164. The highest BCUT2D eigenvalue weighted by molar-refractivity contribution is 6.27. The molecule has 13 heavy (non-hydrogen) atoms. The first-order valence-electron chi connectivity index (χ1n) is 4.71. The zero-order valence-electron chi connectivity index (χ0n) is 7.83. The number of aliphatic imine (C=N–C) groups is 1. The first-order valence-corrected chi connectivity index (χ1v) is 5.09. The number of halogens is 1. The van der Waals surface area contributed by atoms with Gasteiger partial charge in [-0.1, -0.05) is 13.0 Å². The molecule has 0 aromatic rings. The van der Waals surface area contributed by atoms with Crippen LogP contribution in [0.25, 0.3) is 0 Å². The molecule has 2 nitrogen and oxygen atoms in total. The zero-order chi connectivity index (χ0) is 9.64. The summed E-state index contributed by atoms with van der Waals surface area (Å²) in [4.78, 5) is 4.23. The van der Waals surface area contributed by atoms with Crippen molar-refractivity contribution < 1.29 is 0 Å². The fraction of sp³-hybridized carbons (Fsp3) is 0.700. The van der Waals surface area contributed by atoms with Crippen molar-refractivity contribution in [1.29, 1.82) is 0 Å². The number of allylic oxidation sites excluding steroid dienone is 1. The van der Waals surface area contributed by atoms with Crippen LogP contribution in [0.3, 0.4) is 0 Å². The SMILES string of the molecule is C=CC[C@@]1(Cl)[C@@H]2[C@@H](C)CC(N)=N[C@@H]21. The van der Waals surface area contributed by atoms with E-state index in [1.807, 2.05) is 6.08 Å². The summed E-state index contributed by atoms with van der Waals surface area (Å²) in [7, 11) is 0. The number of amidine groups is 1. The molecule has 0 radical (unpaired) electrons. The minimum Gasteiger partial charge on any atom is -0.387 e. The lowest BCUT2D eigenvalue weighted by atomic mass is 9.97. The average Bonchev–Trinajstić information content (AvgIpc) is 2.56. The topological polar surface area (TPSA) is 38.4 Å². The summed E-state index contributed by atoms with van der Waals surface area (Å²) in [6.07, 6.45) is 3.61. The van der Waals surface area contributed by atoms with Crippen molar-refractivity contribution in [2.45, 2.75) is 30.7 Å². The van der Waals surface area contributed by atoms with E-state index >= 15 is 0 Å². The highest BCUT2D eigenvalue weighted by Gasteiger charge is 2.66. The second kappa shape index (κ2) is 2.74. The van der Waals surface area contributed by atoms with Crippen LogP contribution in [0.15, 0.2) is 17.6 Å². The molecule has 0 unspecified atom stereocenters. The van der Waals surface area contributed by atoms with E-state index in [9.17, 15) is 0 Å². The molecular formula is C10H15ClN2. The Bertz CT molecular complexity index is 274. The highest BCUT2D eigenvalue weighted by Crippen LogP contribution is 2.60. The summed E-state index contributed by atoms with van der Waals surface area (Å²) >= 11 is 6.44. The molecule has 1 aliphatic carbocycles. The van der Waals surface area contributed by atoms with Gasteiger partial charge in [-0.05, 0) is 12.3 Å². The van der Waals surface area contributed by atoms with E-state index in [0.29, 0.717) is 11.8 Å². The lowest BCUT2D eigenvalue weighted by Crippen LogP contribution is -2.22. The van der Waals surface area contributed by atoms with Gasteiger partial charge in [-0.15, -0.1) is 18.2 Å². The first-order chi connectivity index (χ1) is 6.09. The predicted molar refractivity (Wildman–Crippen MR) is 56.1 cm³/mol.